The van der Waals surface area contributed by atoms with Crippen molar-refractivity contribution in [3.63, 3.8) is 0 Å². The monoisotopic (exact) mass is 256 g/mol. The number of anilines is 1. The van der Waals surface area contributed by atoms with Crippen molar-refractivity contribution in [2.24, 2.45) is 0 Å². The second-order valence-electron chi connectivity index (χ2n) is 2.65. The Morgan fingerprint density at radius 2 is 2.21 bits per heavy atom. The van der Waals surface area contributed by atoms with Crippen LogP contribution >= 0.6 is 15.9 Å². The van der Waals surface area contributed by atoms with Crippen molar-refractivity contribution in [1.29, 1.82) is 0 Å². The number of nitrogens with zero attached hydrogens (tertiary/aromatic N) is 3. The van der Waals surface area contributed by atoms with E-state index in [2.05, 4.69) is 26.0 Å². The zero-order valence-corrected chi connectivity index (χ0v) is 8.57. The molecule has 0 aliphatic carbocycles. The van der Waals surface area contributed by atoms with Crippen LogP contribution in [0.3, 0.4) is 0 Å². The molecule has 0 atom stereocenters. The van der Waals surface area contributed by atoms with Gasteiger partial charge in [-0.2, -0.15) is 0 Å². The third-order valence-corrected chi connectivity index (χ3v) is 2.32. The van der Waals surface area contributed by atoms with Gasteiger partial charge in [-0.05, 0) is 28.1 Å². The van der Waals surface area contributed by atoms with Crippen LogP contribution < -0.4 is 5.73 Å². The number of halogens is 2. The molecule has 2 rings (SSSR count). The van der Waals surface area contributed by atoms with Crippen molar-refractivity contribution in [1.82, 2.24) is 14.8 Å². The molecule has 4 nitrogen and oxygen atoms in total. The first kappa shape index (κ1) is 9.14. The highest BCUT2D eigenvalue weighted by atomic mass is 79.9. The standard InChI is InChI=1S/C8H6BrFN4/c9-6-2-1-5(3-7(6)10)14-4-12-8(11)13-14/h1-4H,(H2,11,13). The van der Waals surface area contributed by atoms with E-state index < -0.39 is 0 Å². The van der Waals surface area contributed by atoms with Gasteiger partial charge in [0, 0.05) is 6.07 Å². The molecule has 0 spiro atoms. The number of benzene rings is 1. The molecule has 0 aliphatic heterocycles. The van der Waals surface area contributed by atoms with Crippen molar-refractivity contribution >= 4 is 21.9 Å². The smallest absolute Gasteiger partial charge is 0.239 e. The van der Waals surface area contributed by atoms with E-state index in [1.165, 1.54) is 17.1 Å². The predicted octanol–water partition coefficient (Wildman–Crippen LogP) is 1.75. The lowest BCUT2D eigenvalue weighted by Crippen LogP contribution is -1.96. The van der Waals surface area contributed by atoms with Crippen molar-refractivity contribution in [2.75, 3.05) is 5.73 Å². The molecule has 72 valence electrons. The van der Waals surface area contributed by atoms with E-state index in [0.717, 1.165) is 0 Å². The van der Waals surface area contributed by atoms with Gasteiger partial charge >= 0.3 is 0 Å². The maximum absolute atomic E-state index is 13.1. The lowest BCUT2D eigenvalue weighted by Gasteiger charge is -2.00. The molecule has 1 heterocycles. The molecular formula is C8H6BrFN4. The van der Waals surface area contributed by atoms with Gasteiger partial charge < -0.3 is 5.73 Å². The van der Waals surface area contributed by atoms with Crippen molar-refractivity contribution < 1.29 is 4.39 Å². The summed E-state index contributed by atoms with van der Waals surface area (Å²) in [7, 11) is 0. The van der Waals surface area contributed by atoms with E-state index >= 15 is 0 Å². The van der Waals surface area contributed by atoms with Crippen LogP contribution in [-0.4, -0.2) is 14.8 Å². The first-order valence-corrected chi connectivity index (χ1v) is 4.58. The maximum atomic E-state index is 13.1. The van der Waals surface area contributed by atoms with Gasteiger partial charge in [0.2, 0.25) is 5.95 Å². The van der Waals surface area contributed by atoms with Crippen LogP contribution in [0.1, 0.15) is 0 Å². The van der Waals surface area contributed by atoms with Crippen LogP contribution in [0.5, 0.6) is 0 Å². The Kier molecular flexibility index (Phi) is 2.20. The molecule has 14 heavy (non-hydrogen) atoms. The summed E-state index contributed by atoms with van der Waals surface area (Å²) in [5.74, 6) is -0.190. The van der Waals surface area contributed by atoms with Gasteiger partial charge in [0.05, 0.1) is 10.2 Å². The van der Waals surface area contributed by atoms with Crippen LogP contribution in [0.4, 0.5) is 10.3 Å². The topological polar surface area (TPSA) is 56.7 Å². The minimum Gasteiger partial charge on any atom is -0.366 e. The van der Waals surface area contributed by atoms with Crippen molar-refractivity contribution in [3.8, 4) is 5.69 Å². The van der Waals surface area contributed by atoms with Crippen molar-refractivity contribution in [2.45, 2.75) is 0 Å². The summed E-state index contributed by atoms with van der Waals surface area (Å²) in [5, 5.41) is 3.85. The average molecular weight is 257 g/mol. The molecule has 6 heteroatoms. The third-order valence-electron chi connectivity index (χ3n) is 1.68. The quantitative estimate of drug-likeness (QED) is 0.846. The molecule has 0 radical (unpaired) electrons. The highest BCUT2D eigenvalue weighted by Gasteiger charge is 2.03. The van der Waals surface area contributed by atoms with E-state index in [1.807, 2.05) is 0 Å². The Hall–Kier alpha value is -1.43. The maximum Gasteiger partial charge on any atom is 0.239 e. The molecule has 0 amide bonds. The van der Waals surface area contributed by atoms with E-state index in [1.54, 1.807) is 12.1 Å². The molecule has 0 saturated heterocycles. The summed E-state index contributed by atoms with van der Waals surface area (Å²) in [4.78, 5) is 3.74. The second-order valence-corrected chi connectivity index (χ2v) is 3.50. The fourth-order valence-corrected chi connectivity index (χ4v) is 1.27. The molecule has 0 saturated carbocycles. The highest BCUT2D eigenvalue weighted by Crippen LogP contribution is 2.18. The summed E-state index contributed by atoms with van der Waals surface area (Å²) in [6, 6.07) is 4.65. The zero-order chi connectivity index (χ0) is 10.1. The molecule has 1 aromatic carbocycles. The summed E-state index contributed by atoms with van der Waals surface area (Å²) < 4.78 is 15.0. The number of aromatic nitrogens is 3. The largest absolute Gasteiger partial charge is 0.366 e. The first-order valence-electron chi connectivity index (χ1n) is 3.79. The van der Waals surface area contributed by atoms with Crippen LogP contribution in [0, 0.1) is 5.82 Å². The normalized spacial score (nSPS) is 10.4. The molecule has 0 unspecified atom stereocenters. The fraction of sp³-hybridized carbons (Fsp3) is 0. The number of hydrogen-bond donors (Lipinski definition) is 1. The first-order chi connectivity index (χ1) is 6.66. The van der Waals surface area contributed by atoms with Gasteiger partial charge in [0.15, 0.2) is 0 Å². The Bertz CT molecular complexity index is 468. The van der Waals surface area contributed by atoms with E-state index in [-0.39, 0.29) is 11.8 Å². The Morgan fingerprint density at radius 1 is 1.43 bits per heavy atom. The number of rotatable bonds is 1. The molecule has 2 aromatic rings. The molecule has 0 fully saturated rings. The van der Waals surface area contributed by atoms with Gasteiger partial charge in [-0.1, -0.05) is 0 Å². The fourth-order valence-electron chi connectivity index (χ4n) is 1.03. The molecule has 0 bridgehead atoms. The predicted molar refractivity (Wildman–Crippen MR) is 53.4 cm³/mol. The van der Waals surface area contributed by atoms with Crippen LogP contribution in [-0.2, 0) is 0 Å². The summed E-state index contributed by atoms with van der Waals surface area (Å²) >= 11 is 3.06. The van der Waals surface area contributed by atoms with Crippen LogP contribution in [0.2, 0.25) is 0 Å². The van der Waals surface area contributed by atoms with Gasteiger partial charge in [0.1, 0.15) is 12.1 Å². The Balaban J connectivity index is 2.47. The zero-order valence-electron chi connectivity index (χ0n) is 6.98. The number of nitrogen functional groups attached to an aromatic ring is 1. The summed E-state index contributed by atoms with van der Waals surface area (Å²) in [5.41, 5.74) is 5.92. The minimum atomic E-state index is -0.350. The van der Waals surface area contributed by atoms with Gasteiger partial charge in [-0.25, -0.2) is 14.1 Å². The highest BCUT2D eigenvalue weighted by molar-refractivity contribution is 9.10. The minimum absolute atomic E-state index is 0.160. The molecule has 0 aliphatic rings. The Morgan fingerprint density at radius 3 is 2.79 bits per heavy atom. The van der Waals surface area contributed by atoms with E-state index in [9.17, 15) is 4.39 Å². The number of nitrogens with two attached hydrogens (primary N) is 1. The van der Waals surface area contributed by atoms with E-state index in [0.29, 0.717) is 10.2 Å². The molecule has 2 N–H and O–H groups in total. The summed E-state index contributed by atoms with van der Waals surface area (Å²) in [6.45, 7) is 0. The third kappa shape index (κ3) is 1.60. The van der Waals surface area contributed by atoms with Crippen LogP contribution in [0.25, 0.3) is 5.69 Å². The van der Waals surface area contributed by atoms with Gasteiger partial charge in [-0.15, -0.1) is 5.10 Å². The number of hydrogen-bond acceptors (Lipinski definition) is 3. The lowest BCUT2D eigenvalue weighted by molar-refractivity contribution is 0.619. The lowest BCUT2D eigenvalue weighted by atomic mass is 10.3. The SMILES string of the molecule is Nc1ncn(-c2ccc(Br)c(F)c2)n1. The summed E-state index contributed by atoms with van der Waals surface area (Å²) in [6.07, 6.45) is 1.43. The molecule has 1 aromatic heterocycles. The van der Waals surface area contributed by atoms with Gasteiger partial charge in [0.25, 0.3) is 0 Å². The molecular weight excluding hydrogens is 251 g/mol. The van der Waals surface area contributed by atoms with Crippen molar-refractivity contribution in [3.05, 3.63) is 34.8 Å². The van der Waals surface area contributed by atoms with E-state index in [4.69, 9.17) is 5.73 Å². The second kappa shape index (κ2) is 3.38. The van der Waals surface area contributed by atoms with Crippen LogP contribution in [0.15, 0.2) is 29.0 Å². The average Bonchev–Trinajstić information content (AvgIpc) is 2.57. The van der Waals surface area contributed by atoms with Gasteiger partial charge in [-0.3, -0.25) is 0 Å². The Labute approximate surface area is 87.7 Å².